The van der Waals surface area contributed by atoms with E-state index in [-0.39, 0.29) is 4.90 Å². The molecule has 2 aromatic rings. The van der Waals surface area contributed by atoms with Crippen LogP contribution in [0.25, 0.3) is 0 Å². The zero-order chi connectivity index (χ0) is 16.5. The van der Waals surface area contributed by atoms with E-state index in [1.165, 1.54) is 6.20 Å². The molecule has 7 nitrogen and oxygen atoms in total. The summed E-state index contributed by atoms with van der Waals surface area (Å²) in [6, 6.07) is 0. The first-order chi connectivity index (χ1) is 10.2. The molecule has 0 atom stereocenters. The molecule has 2 aromatic heterocycles. The maximum atomic E-state index is 11.7. The molecular weight excluding hydrogens is 326 g/mol. The molecule has 9 heteroatoms. The van der Waals surface area contributed by atoms with Crippen molar-refractivity contribution in [3.63, 3.8) is 0 Å². The van der Waals surface area contributed by atoms with Gasteiger partial charge in [0.25, 0.3) is 0 Å². The molecule has 0 aliphatic heterocycles. The fourth-order valence-corrected chi connectivity index (χ4v) is 2.88. The van der Waals surface area contributed by atoms with E-state index in [1.807, 2.05) is 13.8 Å². The van der Waals surface area contributed by atoms with Crippen LogP contribution >= 0.6 is 11.6 Å². The fourth-order valence-electron chi connectivity index (χ4n) is 2.03. The van der Waals surface area contributed by atoms with E-state index in [0.29, 0.717) is 29.8 Å². The van der Waals surface area contributed by atoms with Gasteiger partial charge in [0.05, 0.1) is 29.2 Å². The molecule has 120 valence electrons. The van der Waals surface area contributed by atoms with E-state index < -0.39 is 9.84 Å². The maximum Gasteiger partial charge on any atom is 0.180 e. The predicted molar refractivity (Wildman–Crippen MR) is 85.1 cm³/mol. The van der Waals surface area contributed by atoms with Crippen molar-refractivity contribution in [2.75, 3.05) is 18.1 Å². The molecule has 0 aliphatic rings. The Morgan fingerprint density at radius 2 is 2.00 bits per heavy atom. The van der Waals surface area contributed by atoms with Gasteiger partial charge in [-0.3, -0.25) is 4.68 Å². The van der Waals surface area contributed by atoms with Crippen LogP contribution < -0.4 is 5.32 Å². The van der Waals surface area contributed by atoms with Gasteiger partial charge in [-0.15, -0.1) is 0 Å². The van der Waals surface area contributed by atoms with Gasteiger partial charge in [-0.2, -0.15) is 5.10 Å². The summed E-state index contributed by atoms with van der Waals surface area (Å²) in [4.78, 5) is 8.18. The van der Waals surface area contributed by atoms with E-state index in [4.69, 9.17) is 11.6 Å². The Balaban J connectivity index is 2.15. The monoisotopic (exact) mass is 343 g/mol. The zero-order valence-corrected chi connectivity index (χ0v) is 14.5. The third-order valence-corrected chi connectivity index (χ3v) is 4.83. The van der Waals surface area contributed by atoms with Crippen molar-refractivity contribution >= 4 is 27.3 Å². The minimum Gasteiger partial charge on any atom is -0.367 e. The first-order valence-electron chi connectivity index (χ1n) is 6.67. The molecule has 2 heterocycles. The fraction of sp³-hybridized carbons (Fsp3) is 0.462. The molecule has 0 saturated carbocycles. The number of halogens is 1. The summed E-state index contributed by atoms with van der Waals surface area (Å²) in [5, 5.41) is 8.00. The van der Waals surface area contributed by atoms with Crippen molar-refractivity contribution in [3.8, 4) is 0 Å². The number of hydrogen-bond acceptors (Lipinski definition) is 6. The first kappa shape index (κ1) is 16.7. The molecule has 0 amide bonds. The molecular formula is C13H18ClN5O2S. The van der Waals surface area contributed by atoms with Gasteiger partial charge in [-0.25, -0.2) is 18.4 Å². The second kappa shape index (κ2) is 6.21. The Hall–Kier alpha value is -1.67. The van der Waals surface area contributed by atoms with Crippen LogP contribution in [-0.4, -0.2) is 41.0 Å². The van der Waals surface area contributed by atoms with Gasteiger partial charge in [0.15, 0.2) is 9.84 Å². The van der Waals surface area contributed by atoms with Gasteiger partial charge < -0.3 is 5.32 Å². The molecule has 0 bridgehead atoms. The topological polar surface area (TPSA) is 89.8 Å². The Kier molecular flexibility index (Phi) is 4.72. The van der Waals surface area contributed by atoms with Crippen LogP contribution in [0.4, 0.5) is 5.82 Å². The van der Waals surface area contributed by atoms with Crippen LogP contribution in [0.2, 0.25) is 5.02 Å². The molecule has 0 spiro atoms. The second-order valence-corrected chi connectivity index (χ2v) is 7.40. The average Bonchev–Trinajstić information content (AvgIpc) is 2.65. The largest absolute Gasteiger partial charge is 0.367 e. The quantitative estimate of drug-likeness (QED) is 0.889. The smallest absolute Gasteiger partial charge is 0.180 e. The zero-order valence-electron chi connectivity index (χ0n) is 12.9. The highest BCUT2D eigenvalue weighted by Crippen LogP contribution is 2.20. The molecule has 0 fully saturated rings. The standard InChI is InChI=1S/C13H18ClN5O2S/c1-8-12(14)9(2)19(18-8)6-5-15-13-11(22(4,20)21)7-16-10(3)17-13/h7H,5-6H2,1-4H3,(H,15,16,17). The third-order valence-electron chi connectivity index (χ3n) is 3.18. The third kappa shape index (κ3) is 3.56. The van der Waals surface area contributed by atoms with Crippen LogP contribution in [0.5, 0.6) is 0 Å². The van der Waals surface area contributed by atoms with Crippen molar-refractivity contribution in [2.45, 2.75) is 32.2 Å². The summed E-state index contributed by atoms with van der Waals surface area (Å²) >= 11 is 6.10. The number of hydrogen-bond donors (Lipinski definition) is 1. The minimum atomic E-state index is -3.39. The van der Waals surface area contributed by atoms with Crippen molar-refractivity contribution < 1.29 is 8.42 Å². The van der Waals surface area contributed by atoms with Crippen LogP contribution in [0.15, 0.2) is 11.1 Å². The SMILES string of the molecule is Cc1ncc(S(C)(=O)=O)c(NCCn2nc(C)c(Cl)c2C)n1. The molecule has 0 saturated heterocycles. The number of aromatic nitrogens is 4. The number of rotatable bonds is 5. The Morgan fingerprint density at radius 1 is 1.32 bits per heavy atom. The minimum absolute atomic E-state index is 0.0875. The van der Waals surface area contributed by atoms with Crippen molar-refractivity contribution in [1.29, 1.82) is 0 Å². The molecule has 22 heavy (non-hydrogen) atoms. The number of nitrogens with zero attached hydrogens (tertiary/aromatic N) is 4. The summed E-state index contributed by atoms with van der Waals surface area (Å²) in [5.74, 6) is 0.812. The van der Waals surface area contributed by atoms with Gasteiger partial charge in [0.1, 0.15) is 16.5 Å². The van der Waals surface area contributed by atoms with E-state index >= 15 is 0 Å². The number of sulfone groups is 1. The van der Waals surface area contributed by atoms with Crippen LogP contribution in [0.3, 0.4) is 0 Å². The van der Waals surface area contributed by atoms with Crippen molar-refractivity contribution in [1.82, 2.24) is 19.7 Å². The lowest BCUT2D eigenvalue weighted by molar-refractivity contribution is 0.599. The Morgan fingerprint density at radius 3 is 2.55 bits per heavy atom. The van der Waals surface area contributed by atoms with E-state index in [0.717, 1.165) is 17.6 Å². The van der Waals surface area contributed by atoms with E-state index in [2.05, 4.69) is 20.4 Å². The summed E-state index contributed by atoms with van der Waals surface area (Å²) in [6.07, 6.45) is 2.45. The average molecular weight is 344 g/mol. The molecule has 1 N–H and O–H groups in total. The highest BCUT2D eigenvalue weighted by molar-refractivity contribution is 7.90. The van der Waals surface area contributed by atoms with Gasteiger partial charge in [0.2, 0.25) is 0 Å². The summed E-state index contributed by atoms with van der Waals surface area (Å²) in [6.45, 7) is 6.45. The maximum absolute atomic E-state index is 11.7. The summed E-state index contributed by atoms with van der Waals surface area (Å²) < 4.78 is 25.3. The Labute approximate surface area is 134 Å². The molecule has 0 aromatic carbocycles. The van der Waals surface area contributed by atoms with Crippen molar-refractivity contribution in [2.24, 2.45) is 0 Å². The van der Waals surface area contributed by atoms with E-state index in [1.54, 1.807) is 11.6 Å². The lowest BCUT2D eigenvalue weighted by Crippen LogP contribution is -2.16. The predicted octanol–water partition coefficient (Wildman–Crippen LogP) is 1.77. The van der Waals surface area contributed by atoms with E-state index in [9.17, 15) is 8.42 Å². The van der Waals surface area contributed by atoms with Crippen molar-refractivity contribution in [3.05, 3.63) is 28.4 Å². The van der Waals surface area contributed by atoms with Gasteiger partial charge in [-0.05, 0) is 20.8 Å². The highest BCUT2D eigenvalue weighted by Gasteiger charge is 2.16. The van der Waals surface area contributed by atoms with Gasteiger partial charge >= 0.3 is 0 Å². The normalized spacial score (nSPS) is 11.7. The number of aryl methyl sites for hydroxylation is 2. The van der Waals surface area contributed by atoms with Gasteiger partial charge in [0, 0.05) is 12.8 Å². The molecule has 2 rings (SSSR count). The number of nitrogens with one attached hydrogen (secondary N) is 1. The lowest BCUT2D eigenvalue weighted by atomic mass is 10.4. The number of anilines is 1. The lowest BCUT2D eigenvalue weighted by Gasteiger charge is -2.11. The first-order valence-corrected chi connectivity index (χ1v) is 8.94. The highest BCUT2D eigenvalue weighted by atomic mass is 35.5. The summed E-state index contributed by atoms with van der Waals surface area (Å²) in [7, 11) is -3.39. The Bertz CT molecular complexity index is 801. The van der Waals surface area contributed by atoms with Gasteiger partial charge in [-0.1, -0.05) is 11.6 Å². The summed E-state index contributed by atoms with van der Waals surface area (Å²) in [5.41, 5.74) is 1.65. The van der Waals surface area contributed by atoms with Crippen LogP contribution in [0, 0.1) is 20.8 Å². The second-order valence-electron chi connectivity index (χ2n) is 5.04. The van der Waals surface area contributed by atoms with Crippen LogP contribution in [-0.2, 0) is 16.4 Å². The molecule has 0 radical (unpaired) electrons. The molecule has 0 unspecified atom stereocenters. The van der Waals surface area contributed by atoms with Crippen LogP contribution in [0.1, 0.15) is 17.2 Å². The molecule has 0 aliphatic carbocycles.